The summed E-state index contributed by atoms with van der Waals surface area (Å²) in [6.45, 7) is 2.07. The number of hydrogen-bond donors (Lipinski definition) is 2. The smallest absolute Gasteiger partial charge is 0.271 e. The number of thioether (sulfide) groups is 1. The van der Waals surface area contributed by atoms with Crippen molar-refractivity contribution in [2.75, 3.05) is 5.75 Å². The lowest BCUT2D eigenvalue weighted by Gasteiger charge is -2.08. The van der Waals surface area contributed by atoms with Crippen molar-refractivity contribution in [3.8, 4) is 0 Å². The van der Waals surface area contributed by atoms with Crippen molar-refractivity contribution in [3.05, 3.63) is 30.1 Å². The maximum atomic E-state index is 11.5. The Morgan fingerprint density at radius 2 is 2.38 bits per heavy atom. The first-order valence-electron chi connectivity index (χ1n) is 4.87. The van der Waals surface area contributed by atoms with Gasteiger partial charge in [0.05, 0.1) is 5.56 Å². The number of aromatic nitrogens is 1. The minimum absolute atomic E-state index is 0.243. The fraction of sp³-hybridized carbons (Fsp3) is 0.300. The summed E-state index contributed by atoms with van der Waals surface area (Å²) in [7, 11) is 0. The molecule has 0 unspecified atom stereocenters. The molecule has 0 aliphatic rings. The topological polar surface area (TPSA) is 54.0 Å². The molecule has 0 atom stereocenters. The van der Waals surface area contributed by atoms with E-state index in [1.54, 1.807) is 18.3 Å². The van der Waals surface area contributed by atoms with E-state index in [9.17, 15) is 4.79 Å². The predicted octanol–water partition coefficient (Wildman–Crippen LogP) is 1.74. The summed E-state index contributed by atoms with van der Waals surface area (Å²) in [5, 5.41) is 0. The second-order valence-corrected chi connectivity index (χ2v) is 4.73. The van der Waals surface area contributed by atoms with Gasteiger partial charge < -0.3 is 0 Å². The van der Waals surface area contributed by atoms with Gasteiger partial charge in [0.25, 0.3) is 5.91 Å². The van der Waals surface area contributed by atoms with Gasteiger partial charge in [-0.15, -0.1) is 0 Å². The van der Waals surface area contributed by atoms with Crippen LogP contribution in [0.1, 0.15) is 23.7 Å². The molecule has 0 aliphatic heterocycles. The molecule has 6 heteroatoms. The van der Waals surface area contributed by atoms with E-state index in [-0.39, 0.29) is 5.91 Å². The van der Waals surface area contributed by atoms with E-state index in [2.05, 4.69) is 22.8 Å². The Hall–Kier alpha value is -1.14. The average Bonchev–Trinajstić information content (AvgIpc) is 2.34. The Bertz CT molecular complexity index is 356. The van der Waals surface area contributed by atoms with Gasteiger partial charge in [-0.3, -0.25) is 20.6 Å². The Labute approximate surface area is 104 Å². The summed E-state index contributed by atoms with van der Waals surface area (Å²) in [5.41, 5.74) is 5.70. The highest BCUT2D eigenvalue weighted by atomic mass is 32.2. The van der Waals surface area contributed by atoms with Crippen molar-refractivity contribution >= 4 is 34.2 Å². The maximum absolute atomic E-state index is 11.5. The zero-order chi connectivity index (χ0) is 11.8. The first-order valence-corrected chi connectivity index (χ1v) is 6.26. The molecule has 0 saturated heterocycles. The molecular formula is C10H13N3OS2. The number of carbonyl (C=O) groups is 1. The number of amides is 1. The van der Waals surface area contributed by atoms with E-state index < -0.39 is 0 Å². The number of carbonyl (C=O) groups excluding carboxylic acids is 1. The molecule has 16 heavy (non-hydrogen) atoms. The molecule has 1 amide bonds. The molecule has 0 radical (unpaired) electrons. The first-order chi connectivity index (χ1) is 7.74. The van der Waals surface area contributed by atoms with Crippen molar-refractivity contribution in [3.63, 3.8) is 0 Å². The highest BCUT2D eigenvalue weighted by Gasteiger charge is 2.04. The number of rotatable bonds is 3. The van der Waals surface area contributed by atoms with E-state index in [1.165, 1.54) is 18.0 Å². The number of nitrogens with zero attached hydrogens (tertiary/aromatic N) is 1. The summed E-state index contributed by atoms with van der Waals surface area (Å²) in [5.74, 6) is 0.696. The van der Waals surface area contributed by atoms with Crippen LogP contribution in [0, 0.1) is 0 Å². The molecule has 0 spiro atoms. The van der Waals surface area contributed by atoms with Gasteiger partial charge in [-0.25, -0.2) is 0 Å². The van der Waals surface area contributed by atoms with Crippen molar-refractivity contribution < 1.29 is 4.79 Å². The minimum Gasteiger partial charge on any atom is -0.283 e. The van der Waals surface area contributed by atoms with Crippen molar-refractivity contribution in [1.29, 1.82) is 0 Å². The Morgan fingerprint density at radius 3 is 3.00 bits per heavy atom. The van der Waals surface area contributed by atoms with Gasteiger partial charge >= 0.3 is 0 Å². The van der Waals surface area contributed by atoms with Crippen LogP contribution in [0.15, 0.2) is 24.5 Å². The van der Waals surface area contributed by atoms with Crippen molar-refractivity contribution in [1.82, 2.24) is 15.8 Å². The molecular weight excluding hydrogens is 242 g/mol. The maximum Gasteiger partial charge on any atom is 0.271 e. The van der Waals surface area contributed by atoms with Crippen LogP contribution in [0.4, 0.5) is 0 Å². The standard InChI is InChI=1S/C10H13N3OS2/c1-2-6-16-10(15)13-12-9(14)8-4-3-5-11-7-8/h3-5,7H,2,6H2,1H3,(H,12,14)(H,13,15). The van der Waals surface area contributed by atoms with Crippen LogP contribution < -0.4 is 10.9 Å². The Morgan fingerprint density at radius 1 is 1.56 bits per heavy atom. The zero-order valence-corrected chi connectivity index (χ0v) is 10.5. The van der Waals surface area contributed by atoms with Gasteiger partial charge in [0.1, 0.15) is 0 Å². The van der Waals surface area contributed by atoms with Gasteiger partial charge in [-0.05, 0) is 18.6 Å². The predicted molar refractivity (Wildman–Crippen MR) is 70.2 cm³/mol. The first kappa shape index (κ1) is 12.9. The third-order valence-corrected chi connectivity index (χ3v) is 3.07. The SMILES string of the molecule is CCCSC(=S)NNC(=O)c1cccnc1. The summed E-state index contributed by atoms with van der Waals surface area (Å²) >= 11 is 6.51. The molecule has 1 rings (SSSR count). The highest BCUT2D eigenvalue weighted by molar-refractivity contribution is 8.22. The second kappa shape index (κ2) is 7.19. The van der Waals surface area contributed by atoms with Crippen LogP contribution in [-0.4, -0.2) is 21.0 Å². The van der Waals surface area contributed by atoms with E-state index in [0.717, 1.165) is 12.2 Å². The van der Waals surface area contributed by atoms with E-state index in [4.69, 9.17) is 12.2 Å². The highest BCUT2D eigenvalue weighted by Crippen LogP contribution is 2.02. The summed E-state index contributed by atoms with van der Waals surface area (Å²) in [6, 6.07) is 3.39. The van der Waals surface area contributed by atoms with E-state index >= 15 is 0 Å². The molecule has 86 valence electrons. The van der Waals surface area contributed by atoms with E-state index in [0.29, 0.717) is 9.88 Å². The van der Waals surface area contributed by atoms with Crippen LogP contribution in [0.25, 0.3) is 0 Å². The fourth-order valence-corrected chi connectivity index (χ4v) is 1.72. The summed E-state index contributed by atoms with van der Waals surface area (Å²) in [6.07, 6.45) is 4.16. The molecule has 0 saturated carbocycles. The lowest BCUT2D eigenvalue weighted by Crippen LogP contribution is -2.39. The Kier molecular flexibility index (Phi) is 5.81. The lowest BCUT2D eigenvalue weighted by atomic mass is 10.3. The lowest BCUT2D eigenvalue weighted by molar-refractivity contribution is 0.0944. The zero-order valence-electron chi connectivity index (χ0n) is 8.90. The van der Waals surface area contributed by atoms with Crippen LogP contribution in [0.2, 0.25) is 0 Å². The van der Waals surface area contributed by atoms with Crippen molar-refractivity contribution in [2.45, 2.75) is 13.3 Å². The molecule has 1 aromatic rings. The van der Waals surface area contributed by atoms with Gasteiger partial charge in [-0.2, -0.15) is 0 Å². The number of hydrogen-bond acceptors (Lipinski definition) is 4. The number of hydrazine groups is 1. The van der Waals surface area contributed by atoms with Gasteiger partial charge in [0, 0.05) is 18.1 Å². The van der Waals surface area contributed by atoms with Crippen molar-refractivity contribution in [2.24, 2.45) is 0 Å². The Balaban J connectivity index is 2.33. The van der Waals surface area contributed by atoms with Gasteiger partial charge in [0.15, 0.2) is 4.32 Å². The molecule has 0 aromatic carbocycles. The molecule has 4 nitrogen and oxygen atoms in total. The molecule has 2 N–H and O–H groups in total. The number of pyridine rings is 1. The van der Waals surface area contributed by atoms with Crippen LogP contribution in [-0.2, 0) is 0 Å². The van der Waals surface area contributed by atoms with Crippen LogP contribution >= 0.6 is 24.0 Å². The largest absolute Gasteiger partial charge is 0.283 e. The third-order valence-electron chi connectivity index (χ3n) is 1.64. The number of nitrogens with one attached hydrogen (secondary N) is 2. The molecule has 1 aromatic heterocycles. The molecule has 0 fully saturated rings. The van der Waals surface area contributed by atoms with Crippen LogP contribution in [0.3, 0.4) is 0 Å². The molecule has 0 bridgehead atoms. The summed E-state index contributed by atoms with van der Waals surface area (Å²) in [4.78, 5) is 15.4. The van der Waals surface area contributed by atoms with Gasteiger partial charge in [0.2, 0.25) is 0 Å². The number of thiocarbonyl (C=S) groups is 1. The summed E-state index contributed by atoms with van der Waals surface area (Å²) < 4.78 is 0.569. The van der Waals surface area contributed by atoms with Crippen LogP contribution in [0.5, 0.6) is 0 Å². The molecule has 0 aliphatic carbocycles. The van der Waals surface area contributed by atoms with Gasteiger partial charge in [-0.1, -0.05) is 30.9 Å². The minimum atomic E-state index is -0.243. The normalized spacial score (nSPS) is 9.56. The molecule has 1 heterocycles. The fourth-order valence-electron chi connectivity index (χ4n) is 0.908. The third kappa shape index (κ3) is 4.59. The van der Waals surface area contributed by atoms with E-state index in [1.807, 2.05) is 0 Å². The average molecular weight is 255 g/mol. The quantitative estimate of drug-likeness (QED) is 0.636. The monoisotopic (exact) mass is 255 g/mol. The second-order valence-electron chi connectivity index (χ2n) is 2.96.